The molecule has 4 nitrogen and oxygen atoms in total. The molecule has 0 amide bonds. The Balaban J connectivity index is 1.93. The molecular formula is C15H19N3OS. The number of hydrogen-bond donors (Lipinski definition) is 1. The summed E-state index contributed by atoms with van der Waals surface area (Å²) in [5, 5.41) is 4.59. The van der Waals surface area contributed by atoms with Crippen LogP contribution >= 0.6 is 11.8 Å². The monoisotopic (exact) mass is 289 g/mol. The lowest BCUT2D eigenvalue weighted by molar-refractivity contribution is 0.229. The molecule has 1 saturated carbocycles. The second kappa shape index (κ2) is 5.22. The predicted molar refractivity (Wildman–Crippen MR) is 80.4 cm³/mol. The van der Waals surface area contributed by atoms with Crippen LogP contribution in [0.3, 0.4) is 0 Å². The first-order valence-corrected chi connectivity index (χ1v) is 7.85. The van der Waals surface area contributed by atoms with Crippen molar-refractivity contribution in [2.45, 2.75) is 48.8 Å². The van der Waals surface area contributed by atoms with Gasteiger partial charge in [-0.05, 0) is 31.4 Å². The standard InChI is InChI=1S/C15H19N3OS/c1-10(2)20-12-7-4-3-6-11(12)13-17-14(18-19-13)15(16)8-5-9-15/h3-4,6-7,10H,5,8-9,16H2,1-2H3. The number of rotatable bonds is 4. The highest BCUT2D eigenvalue weighted by molar-refractivity contribution is 8.00. The van der Waals surface area contributed by atoms with Gasteiger partial charge in [0.25, 0.3) is 5.89 Å². The Kier molecular flexibility index (Phi) is 3.56. The number of nitrogens with zero attached hydrogens (tertiary/aromatic N) is 2. The molecule has 1 aromatic heterocycles. The fourth-order valence-electron chi connectivity index (χ4n) is 2.32. The first kappa shape index (κ1) is 13.6. The first-order valence-electron chi connectivity index (χ1n) is 6.98. The minimum Gasteiger partial charge on any atom is -0.334 e. The molecule has 20 heavy (non-hydrogen) atoms. The molecule has 0 bridgehead atoms. The smallest absolute Gasteiger partial charge is 0.259 e. The van der Waals surface area contributed by atoms with Gasteiger partial charge in [-0.15, -0.1) is 11.8 Å². The van der Waals surface area contributed by atoms with Gasteiger partial charge in [0.2, 0.25) is 0 Å². The Bertz CT molecular complexity index is 605. The highest BCUT2D eigenvalue weighted by Crippen LogP contribution is 2.39. The normalized spacial score (nSPS) is 17.2. The minimum absolute atomic E-state index is 0.373. The summed E-state index contributed by atoms with van der Waals surface area (Å²) in [6, 6.07) is 8.13. The average Bonchev–Trinajstić information content (AvgIpc) is 2.85. The fourth-order valence-corrected chi connectivity index (χ4v) is 3.26. The summed E-state index contributed by atoms with van der Waals surface area (Å²) in [6.07, 6.45) is 3.02. The fraction of sp³-hybridized carbons (Fsp3) is 0.467. The van der Waals surface area contributed by atoms with Crippen molar-refractivity contribution in [1.82, 2.24) is 10.1 Å². The van der Waals surface area contributed by atoms with Gasteiger partial charge in [-0.2, -0.15) is 4.98 Å². The Morgan fingerprint density at radius 1 is 1.30 bits per heavy atom. The highest BCUT2D eigenvalue weighted by Gasteiger charge is 2.39. The van der Waals surface area contributed by atoms with E-state index in [2.05, 4.69) is 30.1 Å². The molecule has 0 spiro atoms. The van der Waals surface area contributed by atoms with Crippen LogP contribution in [0, 0.1) is 0 Å². The summed E-state index contributed by atoms with van der Waals surface area (Å²) < 4.78 is 5.44. The zero-order chi connectivity index (χ0) is 14.2. The van der Waals surface area contributed by atoms with Crippen LogP contribution in [0.25, 0.3) is 11.5 Å². The van der Waals surface area contributed by atoms with Gasteiger partial charge in [0, 0.05) is 10.1 Å². The van der Waals surface area contributed by atoms with E-state index in [4.69, 9.17) is 10.3 Å². The maximum Gasteiger partial charge on any atom is 0.259 e. The summed E-state index contributed by atoms with van der Waals surface area (Å²) in [6.45, 7) is 4.34. The number of benzene rings is 1. The Hall–Kier alpha value is -1.33. The SMILES string of the molecule is CC(C)Sc1ccccc1-c1nc(C2(N)CCC2)no1. The molecule has 1 aliphatic rings. The van der Waals surface area contributed by atoms with Crippen molar-refractivity contribution in [2.75, 3.05) is 0 Å². The van der Waals surface area contributed by atoms with E-state index in [-0.39, 0.29) is 5.54 Å². The van der Waals surface area contributed by atoms with Crippen LogP contribution in [0.5, 0.6) is 0 Å². The topological polar surface area (TPSA) is 64.9 Å². The summed E-state index contributed by atoms with van der Waals surface area (Å²) in [7, 11) is 0. The Labute approximate surface area is 123 Å². The molecule has 1 heterocycles. The molecule has 0 aliphatic heterocycles. The summed E-state index contributed by atoms with van der Waals surface area (Å²) in [5.74, 6) is 1.21. The molecule has 106 valence electrons. The van der Waals surface area contributed by atoms with Gasteiger partial charge in [-0.3, -0.25) is 0 Å². The van der Waals surface area contributed by atoms with Gasteiger partial charge < -0.3 is 10.3 Å². The van der Waals surface area contributed by atoms with E-state index >= 15 is 0 Å². The Morgan fingerprint density at radius 2 is 2.05 bits per heavy atom. The molecule has 1 aromatic carbocycles. The quantitative estimate of drug-likeness (QED) is 0.872. The van der Waals surface area contributed by atoms with Gasteiger partial charge in [0.05, 0.1) is 11.1 Å². The van der Waals surface area contributed by atoms with Gasteiger partial charge in [-0.1, -0.05) is 31.1 Å². The van der Waals surface area contributed by atoms with Crippen LogP contribution in [-0.4, -0.2) is 15.4 Å². The van der Waals surface area contributed by atoms with Gasteiger partial charge in [-0.25, -0.2) is 0 Å². The summed E-state index contributed by atoms with van der Waals surface area (Å²) in [4.78, 5) is 5.69. The van der Waals surface area contributed by atoms with E-state index in [9.17, 15) is 0 Å². The zero-order valence-electron chi connectivity index (χ0n) is 11.8. The van der Waals surface area contributed by atoms with Crippen LogP contribution in [0.2, 0.25) is 0 Å². The van der Waals surface area contributed by atoms with Gasteiger partial charge >= 0.3 is 0 Å². The summed E-state index contributed by atoms with van der Waals surface area (Å²) in [5.41, 5.74) is 6.86. The molecule has 0 unspecified atom stereocenters. The van der Waals surface area contributed by atoms with Crippen LogP contribution in [0.4, 0.5) is 0 Å². The molecule has 2 aromatic rings. The number of aromatic nitrogens is 2. The van der Waals surface area contributed by atoms with E-state index in [0.717, 1.165) is 29.7 Å². The third-order valence-corrected chi connectivity index (χ3v) is 4.68. The van der Waals surface area contributed by atoms with Crippen molar-refractivity contribution in [3.63, 3.8) is 0 Å². The van der Waals surface area contributed by atoms with Crippen LogP contribution in [0.1, 0.15) is 38.9 Å². The predicted octanol–water partition coefficient (Wildman–Crippen LogP) is 3.58. The van der Waals surface area contributed by atoms with Crippen molar-refractivity contribution in [3.05, 3.63) is 30.1 Å². The lowest BCUT2D eigenvalue weighted by Gasteiger charge is -2.34. The largest absolute Gasteiger partial charge is 0.334 e. The van der Waals surface area contributed by atoms with E-state index < -0.39 is 0 Å². The molecule has 3 rings (SSSR count). The molecule has 0 atom stereocenters. The third-order valence-electron chi connectivity index (χ3n) is 3.60. The van der Waals surface area contributed by atoms with Crippen LogP contribution in [-0.2, 0) is 5.54 Å². The Morgan fingerprint density at radius 3 is 2.70 bits per heavy atom. The van der Waals surface area contributed by atoms with E-state index in [1.54, 1.807) is 11.8 Å². The third kappa shape index (κ3) is 2.47. The number of thioether (sulfide) groups is 1. The first-order chi connectivity index (χ1) is 9.58. The number of nitrogens with two attached hydrogens (primary N) is 1. The van der Waals surface area contributed by atoms with Crippen molar-refractivity contribution in [2.24, 2.45) is 5.73 Å². The zero-order valence-corrected chi connectivity index (χ0v) is 12.6. The minimum atomic E-state index is -0.373. The second-order valence-electron chi connectivity index (χ2n) is 5.60. The molecule has 1 fully saturated rings. The van der Waals surface area contributed by atoms with Crippen molar-refractivity contribution in [3.8, 4) is 11.5 Å². The highest BCUT2D eigenvalue weighted by atomic mass is 32.2. The van der Waals surface area contributed by atoms with Crippen molar-refractivity contribution < 1.29 is 4.52 Å². The van der Waals surface area contributed by atoms with E-state index in [0.29, 0.717) is 17.0 Å². The molecule has 1 aliphatic carbocycles. The van der Waals surface area contributed by atoms with Gasteiger partial charge in [0.1, 0.15) is 0 Å². The average molecular weight is 289 g/mol. The van der Waals surface area contributed by atoms with E-state index in [1.807, 2.05) is 18.2 Å². The number of hydrogen-bond acceptors (Lipinski definition) is 5. The maximum absolute atomic E-state index is 6.24. The van der Waals surface area contributed by atoms with Crippen LogP contribution in [0.15, 0.2) is 33.7 Å². The van der Waals surface area contributed by atoms with Crippen molar-refractivity contribution >= 4 is 11.8 Å². The molecule has 5 heteroatoms. The summed E-state index contributed by atoms with van der Waals surface area (Å²) >= 11 is 1.80. The molecule has 0 saturated heterocycles. The second-order valence-corrected chi connectivity index (χ2v) is 7.21. The lowest BCUT2D eigenvalue weighted by atomic mass is 9.77. The van der Waals surface area contributed by atoms with E-state index in [1.165, 1.54) is 0 Å². The van der Waals surface area contributed by atoms with Gasteiger partial charge in [0.15, 0.2) is 5.82 Å². The molecule has 2 N–H and O–H groups in total. The van der Waals surface area contributed by atoms with Crippen LogP contribution < -0.4 is 5.73 Å². The maximum atomic E-state index is 6.24. The molecule has 0 radical (unpaired) electrons. The molecular weight excluding hydrogens is 270 g/mol. The lowest BCUT2D eigenvalue weighted by Crippen LogP contribution is -2.44. The van der Waals surface area contributed by atoms with Crippen molar-refractivity contribution in [1.29, 1.82) is 0 Å².